The second-order valence-electron chi connectivity index (χ2n) is 7.97. The summed E-state index contributed by atoms with van der Waals surface area (Å²) in [5.41, 5.74) is -1.01. The van der Waals surface area contributed by atoms with Crippen molar-refractivity contribution in [3.8, 4) is 11.1 Å². The number of hydrogen-bond donors (Lipinski definition) is 2. The third-order valence-corrected chi connectivity index (χ3v) is 5.77. The van der Waals surface area contributed by atoms with E-state index in [1.54, 1.807) is 12.1 Å². The van der Waals surface area contributed by atoms with Crippen LogP contribution in [-0.4, -0.2) is 38.5 Å². The molecule has 0 fully saturated rings. The maximum absolute atomic E-state index is 14.0. The van der Waals surface area contributed by atoms with Crippen molar-refractivity contribution >= 4 is 15.8 Å². The first-order valence-corrected chi connectivity index (χ1v) is 11.3. The summed E-state index contributed by atoms with van der Waals surface area (Å²) >= 11 is 0. The van der Waals surface area contributed by atoms with Crippen LogP contribution in [0.5, 0.6) is 0 Å². The summed E-state index contributed by atoms with van der Waals surface area (Å²) in [5.74, 6) is 3.59. The molecule has 0 aliphatic heterocycles. The Morgan fingerprint density at radius 2 is 1.47 bits per heavy atom. The molecular weight excluding hydrogens is 452 g/mol. The van der Waals surface area contributed by atoms with Gasteiger partial charge in [0.05, 0.1) is 4.90 Å². The number of benzene rings is 2. The van der Waals surface area contributed by atoms with Crippen molar-refractivity contribution in [1.29, 1.82) is 0 Å². The van der Waals surface area contributed by atoms with Crippen LogP contribution < -0.4 is 11.2 Å². The number of carbonyl (C=O) groups is 1. The monoisotopic (exact) mass is 476 g/mol. The van der Waals surface area contributed by atoms with E-state index in [-0.39, 0.29) is 10.5 Å². The molecule has 2 aromatic carbocycles. The maximum atomic E-state index is 14.0. The van der Waals surface area contributed by atoms with Gasteiger partial charge in [-0.15, -0.1) is 0 Å². The lowest BCUT2D eigenvalue weighted by Gasteiger charge is -2.28. The van der Waals surface area contributed by atoms with Crippen molar-refractivity contribution in [2.45, 2.75) is 49.1 Å². The predicted octanol–water partition coefficient (Wildman–Crippen LogP) is 3.87. The Balaban J connectivity index is 2.33. The van der Waals surface area contributed by atoms with Crippen LogP contribution >= 0.6 is 0 Å². The van der Waals surface area contributed by atoms with Crippen LogP contribution in [0.1, 0.15) is 31.9 Å². The number of hydrogen-bond acceptors (Lipinski definition) is 6. The number of halogens is 4. The van der Waals surface area contributed by atoms with Crippen LogP contribution in [0.25, 0.3) is 11.1 Å². The standard InChI is InChI=1S/C21H24F4N2O4S/c1-20(2,22)12-17(19(28)31-26)27-18(21(23,24)25)15-6-4-13(5-7-15)14-8-10-16(11-9-14)32(3,29)30/h4-11,17-18,27H,12,26H2,1-3H3/t17-,18-/m0/s1. The number of sulfone groups is 1. The summed E-state index contributed by atoms with van der Waals surface area (Å²) in [7, 11) is -3.38. The zero-order valence-corrected chi connectivity index (χ0v) is 18.4. The SMILES string of the molecule is CC(C)(F)C[C@H](N[C@@H](c1ccc(-c2ccc(S(C)(=O)=O)cc2)cc1)C(F)(F)F)C(=O)ON. The summed E-state index contributed by atoms with van der Waals surface area (Å²) < 4.78 is 78.4. The van der Waals surface area contributed by atoms with Crippen LogP contribution in [-0.2, 0) is 19.5 Å². The van der Waals surface area contributed by atoms with E-state index in [1.807, 2.05) is 0 Å². The largest absolute Gasteiger partial charge is 0.407 e. The van der Waals surface area contributed by atoms with Gasteiger partial charge in [-0.25, -0.2) is 17.6 Å². The Morgan fingerprint density at radius 1 is 1.00 bits per heavy atom. The fraction of sp³-hybridized carbons (Fsp3) is 0.381. The van der Waals surface area contributed by atoms with Crippen molar-refractivity contribution in [3.05, 3.63) is 54.1 Å². The van der Waals surface area contributed by atoms with Crippen molar-refractivity contribution < 1.29 is 35.6 Å². The summed E-state index contributed by atoms with van der Waals surface area (Å²) in [4.78, 5) is 16.0. The van der Waals surface area contributed by atoms with Gasteiger partial charge in [0.1, 0.15) is 17.8 Å². The van der Waals surface area contributed by atoms with E-state index in [0.717, 1.165) is 20.1 Å². The van der Waals surface area contributed by atoms with Gasteiger partial charge in [0, 0.05) is 12.7 Å². The third-order valence-electron chi connectivity index (χ3n) is 4.65. The fourth-order valence-corrected chi connectivity index (χ4v) is 3.75. The predicted molar refractivity (Wildman–Crippen MR) is 111 cm³/mol. The van der Waals surface area contributed by atoms with Gasteiger partial charge in [-0.2, -0.15) is 19.1 Å². The van der Waals surface area contributed by atoms with E-state index in [0.29, 0.717) is 11.1 Å². The highest BCUT2D eigenvalue weighted by atomic mass is 32.2. The highest BCUT2D eigenvalue weighted by molar-refractivity contribution is 7.90. The normalized spacial score (nSPS) is 14.6. The molecule has 0 amide bonds. The van der Waals surface area contributed by atoms with Crippen molar-refractivity contribution in [2.75, 3.05) is 6.26 Å². The first-order valence-electron chi connectivity index (χ1n) is 9.44. The number of carbonyl (C=O) groups excluding carboxylic acids is 1. The van der Waals surface area contributed by atoms with Crippen LogP contribution in [0, 0.1) is 0 Å². The number of nitrogens with one attached hydrogen (secondary N) is 1. The first-order chi connectivity index (χ1) is 14.6. The molecule has 2 aromatic rings. The van der Waals surface area contributed by atoms with Gasteiger partial charge < -0.3 is 4.84 Å². The molecule has 32 heavy (non-hydrogen) atoms. The number of rotatable bonds is 8. The lowest BCUT2D eigenvalue weighted by Crippen LogP contribution is -2.48. The Hall–Kier alpha value is -2.50. The lowest BCUT2D eigenvalue weighted by molar-refractivity contribution is -0.166. The van der Waals surface area contributed by atoms with E-state index in [4.69, 9.17) is 5.90 Å². The molecule has 6 nitrogen and oxygen atoms in total. The second-order valence-corrected chi connectivity index (χ2v) is 9.99. The number of nitrogens with two attached hydrogens (primary N) is 1. The molecule has 0 aliphatic rings. The molecule has 0 aliphatic carbocycles. The van der Waals surface area contributed by atoms with E-state index in [9.17, 15) is 30.8 Å². The molecule has 11 heteroatoms. The third kappa shape index (κ3) is 7.01. The van der Waals surface area contributed by atoms with Gasteiger partial charge in [0.15, 0.2) is 9.84 Å². The molecule has 3 N–H and O–H groups in total. The van der Waals surface area contributed by atoms with Crippen molar-refractivity contribution in [3.63, 3.8) is 0 Å². The fourth-order valence-electron chi connectivity index (χ4n) is 3.12. The molecule has 2 rings (SSSR count). The number of alkyl halides is 4. The first kappa shape index (κ1) is 25.8. The maximum Gasteiger partial charge on any atom is 0.407 e. The lowest BCUT2D eigenvalue weighted by atomic mass is 9.97. The average Bonchev–Trinajstić information content (AvgIpc) is 2.68. The molecule has 0 heterocycles. The average molecular weight is 476 g/mol. The van der Waals surface area contributed by atoms with Crippen molar-refractivity contribution in [1.82, 2.24) is 5.32 Å². The van der Waals surface area contributed by atoms with Crippen molar-refractivity contribution in [2.24, 2.45) is 5.90 Å². The Labute approximate surface area is 183 Å². The van der Waals surface area contributed by atoms with E-state index in [2.05, 4.69) is 10.2 Å². The van der Waals surface area contributed by atoms with Gasteiger partial charge in [-0.3, -0.25) is 5.32 Å². The molecular formula is C21H24F4N2O4S. The van der Waals surface area contributed by atoms with E-state index >= 15 is 0 Å². The quantitative estimate of drug-likeness (QED) is 0.443. The van der Waals surface area contributed by atoms with Gasteiger partial charge in [-0.05, 0) is 42.7 Å². The van der Waals surface area contributed by atoms with Crippen LogP contribution in [0.4, 0.5) is 17.6 Å². The van der Waals surface area contributed by atoms with Crippen LogP contribution in [0.2, 0.25) is 0 Å². The zero-order chi connectivity index (χ0) is 24.3. The van der Waals surface area contributed by atoms with E-state index < -0.39 is 46.2 Å². The van der Waals surface area contributed by atoms with Gasteiger partial charge in [0.2, 0.25) is 0 Å². The second kappa shape index (κ2) is 9.55. The minimum atomic E-state index is -4.80. The molecule has 0 spiro atoms. The molecule has 0 aromatic heterocycles. The van der Waals surface area contributed by atoms with Crippen LogP contribution in [0.3, 0.4) is 0 Å². The smallest absolute Gasteiger partial charge is 0.372 e. The summed E-state index contributed by atoms with van der Waals surface area (Å²) in [6.07, 6.45) is -4.31. The minimum absolute atomic E-state index is 0.118. The topological polar surface area (TPSA) is 98.5 Å². The summed E-state index contributed by atoms with van der Waals surface area (Å²) in [5, 5.41) is 2.11. The minimum Gasteiger partial charge on any atom is -0.372 e. The molecule has 176 valence electrons. The summed E-state index contributed by atoms with van der Waals surface area (Å²) in [6, 6.07) is 7.28. The van der Waals surface area contributed by atoms with Gasteiger partial charge >= 0.3 is 12.1 Å². The molecule has 0 radical (unpaired) electrons. The summed E-state index contributed by atoms with van der Waals surface area (Å²) in [6.45, 7) is 2.25. The molecule has 2 atom stereocenters. The molecule has 0 unspecified atom stereocenters. The van der Waals surface area contributed by atoms with Crippen LogP contribution in [0.15, 0.2) is 53.4 Å². The molecule has 0 saturated carbocycles. The molecule has 0 saturated heterocycles. The van der Waals surface area contributed by atoms with Gasteiger partial charge in [-0.1, -0.05) is 36.4 Å². The Kier molecular flexibility index (Phi) is 7.69. The highest BCUT2D eigenvalue weighted by Crippen LogP contribution is 2.35. The zero-order valence-electron chi connectivity index (χ0n) is 17.6. The Morgan fingerprint density at radius 3 is 1.84 bits per heavy atom. The highest BCUT2D eigenvalue weighted by Gasteiger charge is 2.44. The molecule has 0 bridgehead atoms. The Bertz CT molecular complexity index is 1030. The van der Waals surface area contributed by atoms with E-state index in [1.165, 1.54) is 36.4 Å². The van der Waals surface area contributed by atoms with Gasteiger partial charge in [0.25, 0.3) is 0 Å².